The summed E-state index contributed by atoms with van der Waals surface area (Å²) in [5.74, 6) is 3.05. The molecule has 3 nitrogen and oxygen atoms in total. The fourth-order valence-corrected chi connectivity index (χ4v) is 5.51. The third kappa shape index (κ3) is 3.18. The van der Waals surface area contributed by atoms with Crippen LogP contribution in [0, 0.1) is 5.92 Å². The van der Waals surface area contributed by atoms with Gasteiger partial charge in [0.25, 0.3) is 0 Å². The molecule has 120 valence electrons. The van der Waals surface area contributed by atoms with Gasteiger partial charge in [0, 0.05) is 12.5 Å². The molecule has 0 aromatic carbocycles. The average molecular weight is 311 g/mol. The molecule has 4 heteroatoms. The zero-order valence-electron chi connectivity index (χ0n) is 13.5. The Morgan fingerprint density at radius 3 is 2.57 bits per heavy atom. The molecule has 3 aliphatic rings. The maximum atomic E-state index is 13.1. The zero-order chi connectivity index (χ0) is 14.9. The summed E-state index contributed by atoms with van der Waals surface area (Å²) >= 11 is 2.02. The molecule has 1 unspecified atom stereocenters. The van der Waals surface area contributed by atoms with Crippen LogP contribution in [0.2, 0.25) is 0 Å². The van der Waals surface area contributed by atoms with Crippen LogP contribution in [-0.2, 0) is 9.53 Å². The Morgan fingerprint density at radius 2 is 1.90 bits per heavy atom. The van der Waals surface area contributed by atoms with Crippen molar-refractivity contribution in [1.29, 1.82) is 0 Å². The second kappa shape index (κ2) is 6.21. The SMILES string of the molecule is CC(C)(C(=O)C1CCOC2(CCSCC2)C1)N1CCCC1. The molecule has 0 saturated carbocycles. The third-order valence-corrected chi connectivity index (χ3v) is 6.75. The molecule has 0 N–H and O–H groups in total. The van der Waals surface area contributed by atoms with E-state index in [4.69, 9.17) is 4.74 Å². The van der Waals surface area contributed by atoms with E-state index in [1.165, 1.54) is 24.3 Å². The highest BCUT2D eigenvalue weighted by molar-refractivity contribution is 7.99. The Hall–Kier alpha value is -0.0600. The maximum absolute atomic E-state index is 13.1. The van der Waals surface area contributed by atoms with Crippen molar-refractivity contribution in [1.82, 2.24) is 4.90 Å². The maximum Gasteiger partial charge on any atom is 0.155 e. The molecule has 0 radical (unpaired) electrons. The molecule has 1 spiro atoms. The number of Topliss-reactive ketones (excluding diaryl/α,β-unsaturated/α-hetero) is 1. The number of likely N-dealkylation sites (tertiary alicyclic amines) is 1. The first-order chi connectivity index (χ1) is 10.0. The molecule has 3 fully saturated rings. The first-order valence-electron chi connectivity index (χ1n) is 8.55. The molecule has 0 aliphatic carbocycles. The number of hydrogen-bond acceptors (Lipinski definition) is 4. The normalized spacial score (nSPS) is 30.7. The summed E-state index contributed by atoms with van der Waals surface area (Å²) in [5.41, 5.74) is -0.270. The summed E-state index contributed by atoms with van der Waals surface area (Å²) in [4.78, 5) is 15.5. The van der Waals surface area contributed by atoms with E-state index < -0.39 is 0 Å². The smallest absolute Gasteiger partial charge is 0.155 e. The van der Waals surface area contributed by atoms with Gasteiger partial charge in [0.2, 0.25) is 0 Å². The number of hydrogen-bond donors (Lipinski definition) is 0. The monoisotopic (exact) mass is 311 g/mol. The summed E-state index contributed by atoms with van der Waals surface area (Å²) in [6.45, 7) is 7.23. The van der Waals surface area contributed by atoms with Gasteiger partial charge >= 0.3 is 0 Å². The van der Waals surface area contributed by atoms with Crippen molar-refractivity contribution in [3.05, 3.63) is 0 Å². The van der Waals surface area contributed by atoms with Gasteiger partial charge in [0.1, 0.15) is 0 Å². The van der Waals surface area contributed by atoms with Crippen molar-refractivity contribution in [3.63, 3.8) is 0 Å². The quantitative estimate of drug-likeness (QED) is 0.801. The van der Waals surface area contributed by atoms with Crippen molar-refractivity contribution in [2.75, 3.05) is 31.2 Å². The largest absolute Gasteiger partial charge is 0.375 e. The summed E-state index contributed by atoms with van der Waals surface area (Å²) in [5, 5.41) is 0. The van der Waals surface area contributed by atoms with E-state index in [-0.39, 0.29) is 17.1 Å². The van der Waals surface area contributed by atoms with Gasteiger partial charge in [-0.15, -0.1) is 0 Å². The van der Waals surface area contributed by atoms with Crippen LogP contribution in [-0.4, -0.2) is 53.0 Å². The van der Waals surface area contributed by atoms with E-state index in [9.17, 15) is 4.79 Å². The zero-order valence-corrected chi connectivity index (χ0v) is 14.3. The molecule has 1 atom stereocenters. The van der Waals surface area contributed by atoms with Crippen molar-refractivity contribution in [3.8, 4) is 0 Å². The number of carbonyl (C=O) groups is 1. The second-order valence-corrected chi connectivity index (χ2v) is 8.68. The Balaban J connectivity index is 1.68. The fraction of sp³-hybridized carbons (Fsp3) is 0.941. The molecule has 3 saturated heterocycles. The number of ether oxygens (including phenoxy) is 1. The van der Waals surface area contributed by atoms with Gasteiger partial charge in [-0.3, -0.25) is 9.69 Å². The summed E-state index contributed by atoms with van der Waals surface area (Å²) in [6, 6.07) is 0. The Labute approximate surface area is 133 Å². The van der Waals surface area contributed by atoms with E-state index in [2.05, 4.69) is 18.7 Å². The van der Waals surface area contributed by atoms with Crippen molar-refractivity contribution >= 4 is 17.5 Å². The predicted octanol–water partition coefficient (Wildman–Crippen LogP) is 3.12. The van der Waals surface area contributed by atoms with Crippen LogP contribution in [0.5, 0.6) is 0 Å². The summed E-state index contributed by atoms with van der Waals surface area (Å²) < 4.78 is 6.15. The lowest BCUT2D eigenvalue weighted by Crippen LogP contribution is -2.54. The lowest BCUT2D eigenvalue weighted by atomic mass is 9.75. The fourth-order valence-electron chi connectivity index (χ4n) is 4.27. The Bertz CT molecular complexity index is 379. The summed E-state index contributed by atoms with van der Waals surface area (Å²) in [6.07, 6.45) is 6.63. The van der Waals surface area contributed by atoms with Crippen LogP contribution < -0.4 is 0 Å². The van der Waals surface area contributed by atoms with Crippen LogP contribution in [0.25, 0.3) is 0 Å². The number of thioether (sulfide) groups is 1. The topological polar surface area (TPSA) is 29.5 Å². The highest BCUT2D eigenvalue weighted by Crippen LogP contribution is 2.41. The highest BCUT2D eigenvalue weighted by atomic mass is 32.2. The molecule has 3 aliphatic heterocycles. The van der Waals surface area contributed by atoms with Crippen LogP contribution in [0.15, 0.2) is 0 Å². The van der Waals surface area contributed by atoms with Gasteiger partial charge in [0.05, 0.1) is 11.1 Å². The minimum absolute atomic E-state index is 0.0188. The lowest BCUT2D eigenvalue weighted by molar-refractivity contribution is -0.147. The van der Waals surface area contributed by atoms with Gasteiger partial charge < -0.3 is 4.74 Å². The molecule has 3 heterocycles. The molecule has 3 rings (SSSR count). The molecule has 0 amide bonds. The molecule has 0 bridgehead atoms. The summed E-state index contributed by atoms with van der Waals surface area (Å²) in [7, 11) is 0. The average Bonchev–Trinajstić information content (AvgIpc) is 3.02. The molecule has 0 aromatic heterocycles. The number of ketones is 1. The molecule has 0 aromatic rings. The molecular formula is C17H29NO2S. The van der Waals surface area contributed by atoms with Crippen LogP contribution >= 0.6 is 11.8 Å². The minimum Gasteiger partial charge on any atom is -0.375 e. The first kappa shape index (κ1) is 15.8. The van der Waals surface area contributed by atoms with E-state index in [1.54, 1.807) is 0 Å². The standard InChI is InChI=1S/C17H29NO2S/c1-16(2,18-8-3-4-9-18)15(19)14-5-10-20-17(13-14)6-11-21-12-7-17/h14H,3-13H2,1-2H3. The van der Waals surface area contributed by atoms with Crippen molar-refractivity contribution < 1.29 is 9.53 Å². The Morgan fingerprint density at radius 1 is 1.24 bits per heavy atom. The molecular weight excluding hydrogens is 282 g/mol. The second-order valence-electron chi connectivity index (χ2n) is 7.45. The number of rotatable bonds is 3. The highest BCUT2D eigenvalue weighted by Gasteiger charge is 2.46. The van der Waals surface area contributed by atoms with Gasteiger partial charge in [-0.1, -0.05) is 0 Å². The number of carbonyl (C=O) groups excluding carboxylic acids is 1. The Kier molecular flexibility index (Phi) is 4.68. The lowest BCUT2D eigenvalue weighted by Gasteiger charge is -2.45. The van der Waals surface area contributed by atoms with E-state index >= 15 is 0 Å². The van der Waals surface area contributed by atoms with Crippen molar-refractivity contribution in [2.45, 2.75) is 63.5 Å². The van der Waals surface area contributed by atoms with E-state index in [1.807, 2.05) is 11.8 Å². The number of nitrogens with zero attached hydrogens (tertiary/aromatic N) is 1. The predicted molar refractivity (Wildman–Crippen MR) is 87.9 cm³/mol. The van der Waals surface area contributed by atoms with E-state index in [0.717, 1.165) is 45.4 Å². The van der Waals surface area contributed by atoms with Crippen LogP contribution in [0.1, 0.15) is 52.4 Å². The van der Waals surface area contributed by atoms with Crippen LogP contribution in [0.3, 0.4) is 0 Å². The minimum atomic E-state index is -0.289. The molecule has 21 heavy (non-hydrogen) atoms. The van der Waals surface area contributed by atoms with Gasteiger partial charge in [-0.25, -0.2) is 0 Å². The van der Waals surface area contributed by atoms with Crippen LogP contribution in [0.4, 0.5) is 0 Å². The first-order valence-corrected chi connectivity index (χ1v) is 9.70. The van der Waals surface area contributed by atoms with Gasteiger partial charge in [0.15, 0.2) is 5.78 Å². The van der Waals surface area contributed by atoms with Crippen molar-refractivity contribution in [2.24, 2.45) is 5.92 Å². The van der Waals surface area contributed by atoms with Gasteiger partial charge in [-0.2, -0.15) is 11.8 Å². The van der Waals surface area contributed by atoms with Gasteiger partial charge in [-0.05, 0) is 77.0 Å². The third-order valence-electron chi connectivity index (χ3n) is 5.77. The van der Waals surface area contributed by atoms with E-state index in [0.29, 0.717) is 5.78 Å².